The molecule has 144 valence electrons. The van der Waals surface area contributed by atoms with E-state index in [0.29, 0.717) is 12.8 Å². The second-order valence-corrected chi connectivity index (χ2v) is 9.44. The number of halogens is 1. The first-order chi connectivity index (χ1) is 12.2. The minimum absolute atomic E-state index is 0.0297. The first-order valence-electron chi connectivity index (χ1n) is 9.93. The van der Waals surface area contributed by atoms with Crippen molar-refractivity contribution in [2.75, 3.05) is 6.61 Å². The molecule has 3 fully saturated rings. The van der Waals surface area contributed by atoms with E-state index in [1.807, 2.05) is 13.8 Å². The number of carbonyl (C=O) groups is 2. The molecule has 0 aliphatic heterocycles. The summed E-state index contributed by atoms with van der Waals surface area (Å²) >= 11 is 0. The maximum atomic E-state index is 15.1. The van der Waals surface area contributed by atoms with Crippen molar-refractivity contribution in [2.24, 2.45) is 28.6 Å². The highest BCUT2D eigenvalue weighted by atomic mass is 19.1. The number of rotatable bonds is 2. The molecule has 0 aromatic carbocycles. The smallest absolute Gasteiger partial charge is 0.190 e. The number of hydrogen-bond acceptors (Lipinski definition) is 4. The Morgan fingerprint density at radius 1 is 1.23 bits per heavy atom. The van der Waals surface area contributed by atoms with Gasteiger partial charge in [-0.15, -0.1) is 0 Å². The molecule has 3 saturated carbocycles. The van der Waals surface area contributed by atoms with E-state index in [2.05, 4.69) is 0 Å². The third-order valence-electron chi connectivity index (χ3n) is 8.77. The predicted octanol–water partition coefficient (Wildman–Crippen LogP) is 2.76. The summed E-state index contributed by atoms with van der Waals surface area (Å²) in [5, 5.41) is 20.5. The fourth-order valence-corrected chi connectivity index (χ4v) is 7.17. The number of fused-ring (bicyclic) bond motifs is 5. The zero-order valence-electron chi connectivity index (χ0n) is 15.6. The lowest BCUT2D eigenvalue weighted by Crippen LogP contribution is -2.59. The van der Waals surface area contributed by atoms with Crippen LogP contribution >= 0.6 is 0 Å². The van der Waals surface area contributed by atoms with Crippen LogP contribution in [0.25, 0.3) is 0 Å². The Morgan fingerprint density at radius 3 is 2.62 bits per heavy atom. The van der Waals surface area contributed by atoms with Gasteiger partial charge in [0, 0.05) is 17.3 Å². The lowest BCUT2D eigenvalue weighted by atomic mass is 9.46. The van der Waals surface area contributed by atoms with Gasteiger partial charge in [0.2, 0.25) is 0 Å². The van der Waals surface area contributed by atoms with Gasteiger partial charge in [-0.3, -0.25) is 9.59 Å². The van der Waals surface area contributed by atoms with Gasteiger partial charge in [-0.1, -0.05) is 19.4 Å². The summed E-state index contributed by atoms with van der Waals surface area (Å²) < 4.78 is 15.1. The van der Waals surface area contributed by atoms with Crippen molar-refractivity contribution >= 4 is 11.6 Å². The summed E-state index contributed by atoms with van der Waals surface area (Å²) in [7, 11) is 0. The van der Waals surface area contributed by atoms with E-state index in [4.69, 9.17) is 0 Å². The van der Waals surface area contributed by atoms with E-state index in [0.717, 1.165) is 31.3 Å². The van der Waals surface area contributed by atoms with Gasteiger partial charge in [0.05, 0.1) is 0 Å². The molecule has 4 rings (SSSR count). The zero-order valence-corrected chi connectivity index (χ0v) is 15.6. The third-order valence-corrected chi connectivity index (χ3v) is 8.77. The Morgan fingerprint density at radius 2 is 1.92 bits per heavy atom. The lowest BCUT2D eigenvalue weighted by Gasteiger charge is -2.59. The fourth-order valence-electron chi connectivity index (χ4n) is 7.17. The van der Waals surface area contributed by atoms with Crippen LogP contribution in [0.3, 0.4) is 0 Å². The number of alkyl halides is 1. The van der Waals surface area contributed by atoms with Gasteiger partial charge in [-0.2, -0.15) is 0 Å². The lowest BCUT2D eigenvalue weighted by molar-refractivity contribution is -0.166. The summed E-state index contributed by atoms with van der Waals surface area (Å²) in [5.74, 6) is -0.0221. The maximum absolute atomic E-state index is 15.1. The standard InChI is InChI=1S/C21H29FO4/c1-19-7-5-16-14(15(19)6-8-21(19,26)18(25)11-23)4-3-12-9-13(24)10-17(22)20(12,16)2/h9,14-17,23,26H,3-8,10-11H2,1-2H3/t14-,15+,16+,17?,19+,20+,21+/m1/s1. The van der Waals surface area contributed by atoms with Crippen molar-refractivity contribution in [1.82, 2.24) is 0 Å². The van der Waals surface area contributed by atoms with Gasteiger partial charge in [0.1, 0.15) is 18.4 Å². The summed E-state index contributed by atoms with van der Waals surface area (Å²) in [6, 6.07) is 0. The highest BCUT2D eigenvalue weighted by molar-refractivity contribution is 5.92. The molecule has 0 spiro atoms. The number of aliphatic hydroxyl groups excluding tert-OH is 1. The van der Waals surface area contributed by atoms with Gasteiger partial charge >= 0.3 is 0 Å². The van der Waals surface area contributed by atoms with Crippen LogP contribution in [0.1, 0.15) is 58.8 Å². The molecule has 26 heavy (non-hydrogen) atoms. The number of allylic oxidation sites excluding steroid dienone is 1. The average molecular weight is 364 g/mol. The van der Waals surface area contributed by atoms with E-state index < -0.39 is 35.0 Å². The topological polar surface area (TPSA) is 74.6 Å². The molecule has 0 aromatic rings. The Kier molecular flexibility index (Phi) is 4.02. The van der Waals surface area contributed by atoms with E-state index in [9.17, 15) is 19.8 Å². The highest BCUT2D eigenvalue weighted by Crippen LogP contribution is 2.67. The molecule has 0 amide bonds. The van der Waals surface area contributed by atoms with Crippen LogP contribution in [0.5, 0.6) is 0 Å². The molecule has 4 aliphatic rings. The van der Waals surface area contributed by atoms with E-state index in [1.54, 1.807) is 6.08 Å². The van der Waals surface area contributed by atoms with Gasteiger partial charge in [0.15, 0.2) is 11.6 Å². The van der Waals surface area contributed by atoms with Gasteiger partial charge in [0.25, 0.3) is 0 Å². The van der Waals surface area contributed by atoms with Crippen LogP contribution in [0.4, 0.5) is 4.39 Å². The Bertz CT molecular complexity index is 687. The molecule has 0 aromatic heterocycles. The zero-order chi connectivity index (χ0) is 18.9. The van der Waals surface area contributed by atoms with Crippen LogP contribution in [0, 0.1) is 28.6 Å². The second-order valence-electron chi connectivity index (χ2n) is 9.44. The number of Topliss-reactive ketones (excluding diaryl/α,β-unsaturated/α-hetero) is 1. The minimum Gasteiger partial charge on any atom is -0.388 e. The Labute approximate surface area is 153 Å². The van der Waals surface area contributed by atoms with Gasteiger partial charge < -0.3 is 10.2 Å². The van der Waals surface area contributed by atoms with E-state index in [-0.39, 0.29) is 30.0 Å². The highest BCUT2D eigenvalue weighted by Gasteiger charge is 2.67. The molecule has 0 heterocycles. The fraction of sp³-hybridized carbons (Fsp3) is 0.810. The quantitative estimate of drug-likeness (QED) is 0.790. The summed E-state index contributed by atoms with van der Waals surface area (Å²) in [4.78, 5) is 24.2. The molecule has 0 bridgehead atoms. The molecule has 2 N–H and O–H groups in total. The number of carbonyl (C=O) groups excluding carboxylic acids is 2. The van der Waals surface area contributed by atoms with Crippen molar-refractivity contribution in [3.8, 4) is 0 Å². The number of hydrogen-bond donors (Lipinski definition) is 2. The normalized spacial score (nSPS) is 50.5. The number of aliphatic hydroxyl groups is 2. The predicted molar refractivity (Wildman–Crippen MR) is 94.0 cm³/mol. The summed E-state index contributed by atoms with van der Waals surface area (Å²) in [6.45, 7) is 3.33. The molecule has 4 aliphatic carbocycles. The third kappa shape index (κ3) is 2.07. The first kappa shape index (κ1) is 18.3. The SMILES string of the molecule is C[C@]12CC[C@H]3[C@H](CCC4=CC(=O)CC(F)[C@@]43C)[C@@H]1CC[C@]2(O)C(=O)CO. The monoisotopic (exact) mass is 364 g/mol. The van der Waals surface area contributed by atoms with Crippen molar-refractivity contribution < 1.29 is 24.2 Å². The molecule has 5 heteroatoms. The van der Waals surface area contributed by atoms with Crippen LogP contribution < -0.4 is 0 Å². The van der Waals surface area contributed by atoms with Gasteiger partial charge in [-0.05, 0) is 62.4 Å². The van der Waals surface area contributed by atoms with Crippen molar-refractivity contribution in [3.05, 3.63) is 11.6 Å². The Balaban J connectivity index is 1.71. The second kappa shape index (κ2) is 5.71. The van der Waals surface area contributed by atoms with Crippen LogP contribution in [-0.4, -0.2) is 40.2 Å². The average Bonchev–Trinajstić information content (AvgIpc) is 2.88. The van der Waals surface area contributed by atoms with E-state index in [1.165, 1.54) is 0 Å². The van der Waals surface area contributed by atoms with Crippen LogP contribution in [0.15, 0.2) is 11.6 Å². The van der Waals surface area contributed by atoms with Crippen LogP contribution in [0.2, 0.25) is 0 Å². The first-order valence-corrected chi connectivity index (χ1v) is 9.93. The van der Waals surface area contributed by atoms with Crippen molar-refractivity contribution in [3.63, 3.8) is 0 Å². The summed E-state index contributed by atoms with van der Waals surface area (Å²) in [5.41, 5.74) is -1.65. The number of ketones is 2. The van der Waals surface area contributed by atoms with Crippen molar-refractivity contribution in [2.45, 2.75) is 70.6 Å². The molecule has 0 saturated heterocycles. The molecule has 0 radical (unpaired) electrons. The Hall–Kier alpha value is -1.07. The molecule has 7 atom stereocenters. The van der Waals surface area contributed by atoms with Crippen LogP contribution in [-0.2, 0) is 9.59 Å². The molecule has 1 unspecified atom stereocenters. The van der Waals surface area contributed by atoms with Crippen molar-refractivity contribution in [1.29, 1.82) is 0 Å². The molecular weight excluding hydrogens is 335 g/mol. The van der Waals surface area contributed by atoms with Gasteiger partial charge in [-0.25, -0.2) is 4.39 Å². The summed E-state index contributed by atoms with van der Waals surface area (Å²) in [6.07, 6.45) is 4.65. The molecule has 4 nitrogen and oxygen atoms in total. The molecular formula is C21H29FO4. The van der Waals surface area contributed by atoms with E-state index >= 15 is 4.39 Å². The minimum atomic E-state index is -1.47. The largest absolute Gasteiger partial charge is 0.388 e. The maximum Gasteiger partial charge on any atom is 0.190 e.